The zero-order valence-corrected chi connectivity index (χ0v) is 11.6. The number of halogens is 1. The lowest BCUT2D eigenvalue weighted by atomic mass is 10.0. The third kappa shape index (κ3) is 9.14. The van der Waals surface area contributed by atoms with E-state index < -0.39 is 0 Å². The highest BCUT2D eigenvalue weighted by atomic mass is 79.9. The van der Waals surface area contributed by atoms with Gasteiger partial charge in [-0.2, -0.15) is 11.8 Å². The van der Waals surface area contributed by atoms with E-state index in [0.29, 0.717) is 0 Å². The second-order valence-corrected chi connectivity index (χ2v) is 6.38. The maximum Gasteiger partial charge on any atom is 0.0168 e. The van der Waals surface area contributed by atoms with Gasteiger partial charge in [-0.05, 0) is 30.3 Å². The largest absolute Gasteiger partial charge is 0.162 e. The minimum Gasteiger partial charge on any atom is -0.162 e. The van der Waals surface area contributed by atoms with E-state index in [9.17, 15) is 0 Å². The molecule has 0 aliphatic carbocycles. The zero-order valence-electron chi connectivity index (χ0n) is 9.18. The Morgan fingerprint density at radius 3 is 2.38 bits per heavy atom. The van der Waals surface area contributed by atoms with Gasteiger partial charge in [0, 0.05) is 4.83 Å². The van der Waals surface area contributed by atoms with E-state index in [-0.39, 0.29) is 0 Å². The molecule has 0 radical (unpaired) electrons. The Bertz CT molecular complexity index is 104. The van der Waals surface area contributed by atoms with Crippen molar-refractivity contribution in [2.45, 2.75) is 51.3 Å². The molecule has 0 aliphatic heterocycles. The van der Waals surface area contributed by atoms with Crippen LogP contribution in [-0.2, 0) is 0 Å². The predicted octanol–water partition coefficient (Wildman–Crippen LogP) is 4.72. The molecule has 0 N–H and O–H groups in total. The first-order chi connectivity index (χ1) is 6.18. The molecule has 0 spiro atoms. The Morgan fingerprint density at radius 2 is 1.85 bits per heavy atom. The van der Waals surface area contributed by atoms with E-state index in [0.717, 1.165) is 10.7 Å². The Morgan fingerprint density at radius 1 is 1.15 bits per heavy atom. The molecular weight excluding hydrogens is 244 g/mol. The van der Waals surface area contributed by atoms with Crippen molar-refractivity contribution >= 4 is 27.7 Å². The molecule has 0 aromatic rings. The fourth-order valence-electron chi connectivity index (χ4n) is 1.20. The summed E-state index contributed by atoms with van der Waals surface area (Å²) in [5.41, 5.74) is 0. The van der Waals surface area contributed by atoms with Gasteiger partial charge in [0.1, 0.15) is 0 Å². The first kappa shape index (κ1) is 13.8. The number of rotatable bonds is 8. The molecule has 0 saturated carbocycles. The van der Waals surface area contributed by atoms with Crippen LogP contribution in [0.4, 0.5) is 0 Å². The van der Waals surface area contributed by atoms with Gasteiger partial charge in [0.2, 0.25) is 0 Å². The highest BCUT2D eigenvalue weighted by molar-refractivity contribution is 9.09. The zero-order chi connectivity index (χ0) is 10.1. The van der Waals surface area contributed by atoms with Crippen molar-refractivity contribution < 1.29 is 0 Å². The van der Waals surface area contributed by atoms with Gasteiger partial charge in [0.25, 0.3) is 0 Å². The molecule has 0 fully saturated rings. The first-order valence-corrected chi connectivity index (χ1v) is 7.47. The molecule has 1 unspecified atom stereocenters. The van der Waals surface area contributed by atoms with Crippen molar-refractivity contribution in [2.24, 2.45) is 5.92 Å². The Hall–Kier alpha value is 0.830. The van der Waals surface area contributed by atoms with E-state index in [1.807, 2.05) is 0 Å². The summed E-state index contributed by atoms with van der Waals surface area (Å²) in [6.45, 7) is 6.80. The molecule has 0 heterocycles. The van der Waals surface area contributed by atoms with E-state index in [1.165, 1.54) is 37.2 Å². The van der Waals surface area contributed by atoms with Crippen LogP contribution in [0.15, 0.2) is 0 Å². The summed E-state index contributed by atoms with van der Waals surface area (Å²) >= 11 is 5.78. The fourth-order valence-corrected chi connectivity index (χ4v) is 2.22. The van der Waals surface area contributed by atoms with Crippen LogP contribution in [0.1, 0.15) is 46.5 Å². The molecule has 0 bridgehead atoms. The first-order valence-electron chi connectivity index (χ1n) is 5.40. The minimum atomic E-state index is 0.728. The third-order valence-electron chi connectivity index (χ3n) is 2.20. The van der Waals surface area contributed by atoms with Gasteiger partial charge < -0.3 is 0 Å². The second kappa shape index (κ2) is 9.39. The van der Waals surface area contributed by atoms with E-state index in [1.54, 1.807) is 0 Å². The van der Waals surface area contributed by atoms with Crippen LogP contribution in [0, 0.1) is 5.92 Å². The summed E-state index contributed by atoms with van der Waals surface area (Å²) in [5.74, 6) is 3.41. The number of thioether (sulfide) groups is 1. The average molecular weight is 267 g/mol. The van der Waals surface area contributed by atoms with Crippen LogP contribution in [0.5, 0.6) is 0 Å². The lowest BCUT2D eigenvalue weighted by Crippen LogP contribution is -2.06. The normalized spacial score (nSPS) is 13.6. The molecule has 0 saturated heterocycles. The summed E-state index contributed by atoms with van der Waals surface area (Å²) in [6, 6.07) is 0. The average Bonchev–Trinajstić information content (AvgIpc) is 2.10. The van der Waals surface area contributed by atoms with Gasteiger partial charge in [-0.1, -0.05) is 49.5 Å². The van der Waals surface area contributed by atoms with Gasteiger partial charge in [0.05, 0.1) is 0 Å². The Balaban J connectivity index is 3.07. The van der Waals surface area contributed by atoms with Crippen LogP contribution >= 0.6 is 27.7 Å². The van der Waals surface area contributed by atoms with Crippen LogP contribution in [0.25, 0.3) is 0 Å². The molecule has 0 aromatic heterocycles. The van der Waals surface area contributed by atoms with Gasteiger partial charge in [-0.25, -0.2) is 0 Å². The summed E-state index contributed by atoms with van der Waals surface area (Å²) in [7, 11) is 0. The van der Waals surface area contributed by atoms with Crippen LogP contribution in [0.2, 0.25) is 0 Å². The molecule has 0 aliphatic rings. The molecule has 0 amide bonds. The van der Waals surface area contributed by atoms with Crippen molar-refractivity contribution in [1.29, 1.82) is 0 Å². The molecule has 13 heavy (non-hydrogen) atoms. The van der Waals surface area contributed by atoms with Gasteiger partial charge in [-0.15, -0.1) is 0 Å². The van der Waals surface area contributed by atoms with Crippen LogP contribution < -0.4 is 0 Å². The predicted molar refractivity (Wildman–Crippen MR) is 69.0 cm³/mol. The Labute approximate surface area is 96.4 Å². The molecular formula is C11H23BrS. The molecule has 1 atom stereocenters. The number of hydrogen-bond donors (Lipinski definition) is 0. The van der Waals surface area contributed by atoms with Gasteiger partial charge in [0.15, 0.2) is 0 Å². The molecule has 0 aromatic carbocycles. The van der Waals surface area contributed by atoms with Crippen molar-refractivity contribution in [3.63, 3.8) is 0 Å². The summed E-state index contributed by atoms with van der Waals surface area (Å²) < 4.78 is 0. The van der Waals surface area contributed by atoms with E-state index in [2.05, 4.69) is 48.5 Å². The van der Waals surface area contributed by atoms with Crippen molar-refractivity contribution in [3.05, 3.63) is 0 Å². The van der Waals surface area contributed by atoms with Crippen molar-refractivity contribution in [1.82, 2.24) is 0 Å². The summed E-state index contributed by atoms with van der Waals surface area (Å²) in [4.78, 5) is 0.728. The number of alkyl halides is 1. The smallest absolute Gasteiger partial charge is 0.0168 e. The van der Waals surface area contributed by atoms with Crippen LogP contribution in [-0.4, -0.2) is 16.3 Å². The second-order valence-electron chi connectivity index (χ2n) is 3.81. The lowest BCUT2D eigenvalue weighted by molar-refractivity contribution is 0.548. The maximum atomic E-state index is 3.72. The molecule has 0 nitrogen and oxygen atoms in total. The van der Waals surface area contributed by atoms with Gasteiger partial charge in [-0.3, -0.25) is 0 Å². The summed E-state index contributed by atoms with van der Waals surface area (Å²) in [5, 5.41) is 0. The Kier molecular flexibility index (Phi) is 9.99. The highest BCUT2D eigenvalue weighted by Gasteiger charge is 2.07. The van der Waals surface area contributed by atoms with E-state index >= 15 is 0 Å². The number of unbranched alkanes of at least 4 members (excludes halogenated alkanes) is 2. The SMILES string of the molecule is CCSCCCCCC(Br)C(C)C. The standard InChI is InChI=1S/C11H23BrS/c1-4-13-9-7-5-6-8-11(12)10(2)3/h10-11H,4-9H2,1-3H3. The quantitative estimate of drug-likeness (QED) is 0.453. The molecule has 0 rings (SSSR count). The topological polar surface area (TPSA) is 0 Å². The maximum absolute atomic E-state index is 3.72. The molecule has 2 heteroatoms. The summed E-state index contributed by atoms with van der Waals surface area (Å²) in [6.07, 6.45) is 5.53. The van der Waals surface area contributed by atoms with Crippen LogP contribution in [0.3, 0.4) is 0 Å². The highest BCUT2D eigenvalue weighted by Crippen LogP contribution is 2.19. The van der Waals surface area contributed by atoms with E-state index in [4.69, 9.17) is 0 Å². The number of hydrogen-bond acceptors (Lipinski definition) is 1. The van der Waals surface area contributed by atoms with Crippen molar-refractivity contribution in [3.8, 4) is 0 Å². The lowest BCUT2D eigenvalue weighted by Gasteiger charge is -2.12. The third-order valence-corrected chi connectivity index (χ3v) is 4.70. The minimum absolute atomic E-state index is 0.728. The van der Waals surface area contributed by atoms with Gasteiger partial charge >= 0.3 is 0 Å². The monoisotopic (exact) mass is 266 g/mol. The fraction of sp³-hybridized carbons (Fsp3) is 1.00. The molecule has 80 valence electrons. The van der Waals surface area contributed by atoms with Crippen molar-refractivity contribution in [2.75, 3.05) is 11.5 Å².